The average Bonchev–Trinajstić information content (AvgIpc) is 2.24. The lowest BCUT2D eigenvalue weighted by Crippen LogP contribution is -2.07. The van der Waals surface area contributed by atoms with E-state index in [4.69, 9.17) is 9.47 Å². The number of unbranched alkanes of at least 4 members (excludes halogenated alkanes) is 2. The first kappa shape index (κ1) is 17.6. The first-order chi connectivity index (χ1) is 8.42. The van der Waals surface area contributed by atoms with E-state index >= 15 is 0 Å². The van der Waals surface area contributed by atoms with Crippen molar-refractivity contribution in [3.63, 3.8) is 0 Å². The van der Waals surface area contributed by atoms with Crippen LogP contribution in [0, 0.1) is 5.41 Å². The Kier molecular flexibility index (Phi) is 10.3. The Morgan fingerprint density at radius 1 is 0.889 bits per heavy atom. The van der Waals surface area contributed by atoms with E-state index in [1.807, 2.05) is 0 Å². The molecule has 3 nitrogen and oxygen atoms in total. The highest BCUT2D eigenvalue weighted by Crippen LogP contribution is 2.21. The van der Waals surface area contributed by atoms with Crippen LogP contribution in [0.25, 0.3) is 0 Å². The van der Waals surface area contributed by atoms with Gasteiger partial charge < -0.3 is 9.47 Å². The lowest BCUT2D eigenvalue weighted by molar-refractivity contribution is -0.121. The second kappa shape index (κ2) is 10.5. The molecule has 0 radical (unpaired) electrons. The van der Waals surface area contributed by atoms with Crippen molar-refractivity contribution in [1.29, 1.82) is 0 Å². The lowest BCUT2D eigenvalue weighted by Gasteiger charge is -2.17. The van der Waals surface area contributed by atoms with E-state index in [-0.39, 0.29) is 12.4 Å². The zero-order chi connectivity index (χ0) is 13.9. The minimum atomic E-state index is 0.0785. The molecule has 0 aliphatic rings. The van der Waals surface area contributed by atoms with Crippen molar-refractivity contribution in [3.05, 3.63) is 0 Å². The van der Waals surface area contributed by atoms with Crippen molar-refractivity contribution in [2.24, 2.45) is 5.41 Å². The Morgan fingerprint density at radius 2 is 1.50 bits per heavy atom. The summed E-state index contributed by atoms with van der Waals surface area (Å²) in [6, 6.07) is 0. The first-order valence-corrected chi connectivity index (χ1v) is 7.07. The molecule has 0 aliphatic carbocycles. The molecule has 0 fully saturated rings. The van der Waals surface area contributed by atoms with Gasteiger partial charge in [0.1, 0.15) is 6.61 Å². The van der Waals surface area contributed by atoms with Gasteiger partial charge in [-0.3, -0.25) is 4.79 Å². The lowest BCUT2D eigenvalue weighted by atomic mass is 9.89. The second-order valence-electron chi connectivity index (χ2n) is 6.09. The van der Waals surface area contributed by atoms with Gasteiger partial charge in [-0.25, -0.2) is 0 Å². The Hall–Kier alpha value is -0.410. The number of hydrogen-bond acceptors (Lipinski definition) is 3. The predicted octanol–water partition coefficient (Wildman–Crippen LogP) is 3.61. The molecule has 0 rings (SSSR count). The molecular formula is C15H30O3. The summed E-state index contributed by atoms with van der Waals surface area (Å²) in [5, 5.41) is 0. The third-order valence-corrected chi connectivity index (χ3v) is 2.60. The van der Waals surface area contributed by atoms with Crippen LogP contribution in [-0.4, -0.2) is 32.2 Å². The number of carbonyl (C=O) groups excluding carboxylic acids is 1. The molecule has 0 N–H and O–H groups in total. The monoisotopic (exact) mass is 258 g/mol. The minimum Gasteiger partial charge on any atom is -0.381 e. The van der Waals surface area contributed by atoms with Crippen LogP contribution in [-0.2, 0) is 14.3 Å². The number of Topliss-reactive ketones (excluding diaryl/α,β-unsaturated/α-hetero) is 1. The van der Waals surface area contributed by atoms with Gasteiger partial charge in [0.05, 0.1) is 0 Å². The van der Waals surface area contributed by atoms with Crippen LogP contribution < -0.4 is 0 Å². The van der Waals surface area contributed by atoms with Gasteiger partial charge in [-0.15, -0.1) is 0 Å². The van der Waals surface area contributed by atoms with Crippen molar-refractivity contribution in [3.8, 4) is 0 Å². The maximum atomic E-state index is 10.6. The molecule has 0 aromatic heterocycles. The van der Waals surface area contributed by atoms with Gasteiger partial charge in [-0.2, -0.15) is 0 Å². The van der Waals surface area contributed by atoms with Crippen molar-refractivity contribution >= 4 is 5.78 Å². The molecule has 0 spiro atoms. The van der Waals surface area contributed by atoms with Crippen LogP contribution in [0.4, 0.5) is 0 Å². The average molecular weight is 258 g/mol. The molecule has 0 heterocycles. The summed E-state index contributed by atoms with van der Waals surface area (Å²) in [5.74, 6) is 0.0785. The molecule has 0 atom stereocenters. The summed E-state index contributed by atoms with van der Waals surface area (Å²) in [6.07, 6.45) is 5.83. The summed E-state index contributed by atoms with van der Waals surface area (Å²) in [7, 11) is 0. The molecular weight excluding hydrogens is 228 g/mol. The predicted molar refractivity (Wildman–Crippen MR) is 74.9 cm³/mol. The van der Waals surface area contributed by atoms with E-state index < -0.39 is 0 Å². The largest absolute Gasteiger partial charge is 0.381 e. The van der Waals surface area contributed by atoms with Crippen LogP contribution >= 0.6 is 0 Å². The molecule has 3 heteroatoms. The summed E-state index contributed by atoms with van der Waals surface area (Å²) in [5.41, 5.74) is 0.453. The van der Waals surface area contributed by atoms with Crippen LogP contribution in [0.1, 0.15) is 59.8 Å². The number of hydrogen-bond donors (Lipinski definition) is 0. The molecule has 0 aromatic rings. The van der Waals surface area contributed by atoms with E-state index in [0.29, 0.717) is 12.0 Å². The highest BCUT2D eigenvalue weighted by molar-refractivity contribution is 5.76. The fraction of sp³-hybridized carbons (Fsp3) is 0.933. The molecule has 0 aromatic carbocycles. The third-order valence-electron chi connectivity index (χ3n) is 2.60. The van der Waals surface area contributed by atoms with Gasteiger partial charge in [0.25, 0.3) is 0 Å². The first-order valence-electron chi connectivity index (χ1n) is 7.07. The van der Waals surface area contributed by atoms with Crippen molar-refractivity contribution < 1.29 is 14.3 Å². The van der Waals surface area contributed by atoms with E-state index in [9.17, 15) is 4.79 Å². The van der Waals surface area contributed by atoms with Crippen molar-refractivity contribution in [1.82, 2.24) is 0 Å². The highest BCUT2D eigenvalue weighted by Gasteiger charge is 2.08. The number of carbonyl (C=O) groups is 1. The van der Waals surface area contributed by atoms with E-state index in [0.717, 1.165) is 26.1 Å². The molecule has 0 amide bonds. The third kappa shape index (κ3) is 15.6. The molecule has 108 valence electrons. The summed E-state index contributed by atoms with van der Waals surface area (Å²) < 4.78 is 10.7. The van der Waals surface area contributed by atoms with Gasteiger partial charge in [0.15, 0.2) is 5.78 Å². The van der Waals surface area contributed by atoms with Crippen LogP contribution in [0.2, 0.25) is 0 Å². The normalized spacial score (nSPS) is 11.8. The van der Waals surface area contributed by atoms with Crippen LogP contribution in [0.3, 0.4) is 0 Å². The highest BCUT2D eigenvalue weighted by atomic mass is 16.5. The number of ether oxygens (including phenoxy) is 2. The Bertz CT molecular complexity index is 206. The quantitative estimate of drug-likeness (QED) is 0.531. The Balaban J connectivity index is 3.06. The fourth-order valence-electron chi connectivity index (χ4n) is 1.62. The maximum absolute atomic E-state index is 10.6. The van der Waals surface area contributed by atoms with Gasteiger partial charge in [0, 0.05) is 19.8 Å². The standard InChI is InChI=1S/C15H30O3/c1-14(16)13-18-12-8-11-17-10-7-5-6-9-15(2,3)4/h5-13H2,1-4H3. The molecule has 0 unspecified atom stereocenters. The van der Waals surface area contributed by atoms with Crippen LogP contribution in [0.15, 0.2) is 0 Å². The van der Waals surface area contributed by atoms with E-state index in [1.165, 1.54) is 26.2 Å². The van der Waals surface area contributed by atoms with Crippen molar-refractivity contribution in [2.75, 3.05) is 26.4 Å². The second-order valence-corrected chi connectivity index (χ2v) is 6.09. The zero-order valence-corrected chi connectivity index (χ0v) is 12.6. The zero-order valence-electron chi connectivity index (χ0n) is 12.6. The van der Waals surface area contributed by atoms with Gasteiger partial charge >= 0.3 is 0 Å². The molecule has 18 heavy (non-hydrogen) atoms. The number of ketones is 1. The molecule has 0 bridgehead atoms. The summed E-state index contributed by atoms with van der Waals surface area (Å²) in [6.45, 7) is 10.8. The fourth-order valence-corrected chi connectivity index (χ4v) is 1.62. The number of rotatable bonds is 11. The molecule has 0 saturated heterocycles. The Labute approximate surface area is 112 Å². The topological polar surface area (TPSA) is 35.5 Å². The maximum Gasteiger partial charge on any atom is 0.155 e. The van der Waals surface area contributed by atoms with Gasteiger partial charge in [-0.1, -0.05) is 33.6 Å². The Morgan fingerprint density at radius 3 is 2.11 bits per heavy atom. The van der Waals surface area contributed by atoms with E-state index in [1.54, 1.807) is 0 Å². The van der Waals surface area contributed by atoms with Gasteiger partial charge in [-0.05, 0) is 31.6 Å². The summed E-state index contributed by atoms with van der Waals surface area (Å²) in [4.78, 5) is 10.6. The van der Waals surface area contributed by atoms with Crippen LogP contribution in [0.5, 0.6) is 0 Å². The SMILES string of the molecule is CC(=O)COCCCOCCCCCC(C)(C)C. The van der Waals surface area contributed by atoms with E-state index in [2.05, 4.69) is 20.8 Å². The summed E-state index contributed by atoms with van der Waals surface area (Å²) >= 11 is 0. The molecule has 0 saturated carbocycles. The van der Waals surface area contributed by atoms with Gasteiger partial charge in [0.2, 0.25) is 0 Å². The minimum absolute atomic E-state index is 0.0785. The molecule has 0 aliphatic heterocycles. The van der Waals surface area contributed by atoms with Crippen molar-refractivity contribution in [2.45, 2.75) is 59.8 Å². The smallest absolute Gasteiger partial charge is 0.155 e.